The number of amides is 2. The van der Waals surface area contributed by atoms with Gasteiger partial charge in [0.25, 0.3) is 0 Å². The summed E-state index contributed by atoms with van der Waals surface area (Å²) in [6, 6.07) is 3.57. The van der Waals surface area contributed by atoms with Crippen LogP contribution in [0.15, 0.2) is 18.2 Å². The Hall–Kier alpha value is -2.77. The maximum absolute atomic E-state index is 12.4. The summed E-state index contributed by atoms with van der Waals surface area (Å²) < 4.78 is 0. The van der Waals surface area contributed by atoms with E-state index in [1.165, 1.54) is 12.1 Å². The van der Waals surface area contributed by atoms with E-state index in [1.54, 1.807) is 6.07 Å². The van der Waals surface area contributed by atoms with E-state index in [1.807, 2.05) is 0 Å². The molecule has 1 aromatic carbocycles. The zero-order valence-corrected chi connectivity index (χ0v) is 16.5. The second-order valence-electron chi connectivity index (χ2n) is 6.88. The predicted molar refractivity (Wildman–Crippen MR) is 108 cm³/mol. The molecule has 0 spiro atoms. The van der Waals surface area contributed by atoms with Crippen molar-refractivity contribution in [2.75, 3.05) is 6.54 Å². The van der Waals surface area contributed by atoms with Crippen molar-refractivity contribution in [3.05, 3.63) is 23.8 Å². The van der Waals surface area contributed by atoms with E-state index in [4.69, 9.17) is 11.1 Å². The lowest BCUT2D eigenvalue weighted by Gasteiger charge is -2.18. The van der Waals surface area contributed by atoms with E-state index in [-0.39, 0.29) is 36.2 Å². The molecule has 0 fully saturated rings. The Morgan fingerprint density at radius 1 is 1.14 bits per heavy atom. The molecule has 0 aliphatic carbocycles. The van der Waals surface area contributed by atoms with Gasteiger partial charge in [-0.1, -0.05) is 38.7 Å². The second kappa shape index (κ2) is 12.6. The van der Waals surface area contributed by atoms with Crippen molar-refractivity contribution in [1.29, 1.82) is 5.41 Å². The van der Waals surface area contributed by atoms with Gasteiger partial charge in [-0.25, -0.2) is 0 Å². The van der Waals surface area contributed by atoms with Crippen LogP contribution in [-0.2, 0) is 16.0 Å². The molecule has 1 atom stereocenters. The number of rotatable bonds is 13. The fraction of sp³-hybridized carbons (Fsp3) is 0.550. The van der Waals surface area contributed by atoms with Crippen molar-refractivity contribution in [2.45, 2.75) is 64.3 Å². The Labute approximate surface area is 166 Å². The summed E-state index contributed by atoms with van der Waals surface area (Å²) in [5, 5.41) is 31.6. The third kappa shape index (κ3) is 9.25. The minimum Gasteiger partial charge on any atom is -0.504 e. The number of unbranched alkanes of at least 4 members (excludes halogenated alkanes) is 4. The lowest BCUT2D eigenvalue weighted by molar-refractivity contribution is -0.128. The summed E-state index contributed by atoms with van der Waals surface area (Å²) in [5.74, 6) is -1.22. The SMILES string of the molecule is CCCCCCCC(=O)N[C@H](CC(=N)N)C(=O)NCCc1ccc(O)c(O)c1. The molecule has 1 rings (SSSR count). The summed E-state index contributed by atoms with van der Waals surface area (Å²) in [6.45, 7) is 2.41. The first kappa shape index (κ1) is 23.3. The highest BCUT2D eigenvalue weighted by atomic mass is 16.3. The molecule has 8 heteroatoms. The van der Waals surface area contributed by atoms with Crippen LogP contribution in [0.1, 0.15) is 57.4 Å². The van der Waals surface area contributed by atoms with E-state index in [2.05, 4.69) is 17.6 Å². The number of phenols is 2. The van der Waals surface area contributed by atoms with Gasteiger partial charge < -0.3 is 26.6 Å². The Morgan fingerprint density at radius 3 is 2.50 bits per heavy atom. The van der Waals surface area contributed by atoms with Crippen LogP contribution in [0.4, 0.5) is 0 Å². The van der Waals surface area contributed by atoms with Crippen LogP contribution >= 0.6 is 0 Å². The lowest BCUT2D eigenvalue weighted by atomic mass is 10.1. The van der Waals surface area contributed by atoms with Crippen LogP contribution in [0.25, 0.3) is 0 Å². The summed E-state index contributed by atoms with van der Waals surface area (Å²) >= 11 is 0. The van der Waals surface area contributed by atoms with Gasteiger partial charge >= 0.3 is 0 Å². The van der Waals surface area contributed by atoms with Gasteiger partial charge in [-0.15, -0.1) is 0 Å². The maximum Gasteiger partial charge on any atom is 0.243 e. The van der Waals surface area contributed by atoms with E-state index in [0.29, 0.717) is 12.8 Å². The van der Waals surface area contributed by atoms with Crippen LogP contribution < -0.4 is 16.4 Å². The zero-order chi connectivity index (χ0) is 20.9. The highest BCUT2D eigenvalue weighted by Gasteiger charge is 2.21. The molecule has 0 aliphatic rings. The number of carbonyl (C=O) groups is 2. The van der Waals surface area contributed by atoms with Crippen molar-refractivity contribution in [2.24, 2.45) is 5.73 Å². The van der Waals surface area contributed by atoms with E-state index >= 15 is 0 Å². The molecule has 0 aromatic heterocycles. The van der Waals surface area contributed by atoms with Crippen molar-refractivity contribution < 1.29 is 19.8 Å². The van der Waals surface area contributed by atoms with Gasteiger partial charge in [0.2, 0.25) is 11.8 Å². The lowest BCUT2D eigenvalue weighted by Crippen LogP contribution is -2.48. The minimum atomic E-state index is -0.881. The quantitative estimate of drug-likeness (QED) is 0.131. The molecular formula is C20H32N4O4. The molecule has 0 heterocycles. The van der Waals surface area contributed by atoms with Gasteiger partial charge in [-0.2, -0.15) is 0 Å². The maximum atomic E-state index is 12.4. The topological polar surface area (TPSA) is 149 Å². The number of hydrogen-bond acceptors (Lipinski definition) is 5. The number of benzene rings is 1. The van der Waals surface area contributed by atoms with Gasteiger partial charge in [0.1, 0.15) is 6.04 Å². The van der Waals surface area contributed by atoms with Gasteiger partial charge in [0.05, 0.1) is 5.84 Å². The summed E-state index contributed by atoms with van der Waals surface area (Å²) in [6.07, 6.45) is 5.86. The average molecular weight is 393 g/mol. The zero-order valence-electron chi connectivity index (χ0n) is 16.5. The van der Waals surface area contributed by atoms with Crippen molar-refractivity contribution in [3.8, 4) is 11.5 Å². The third-order valence-corrected chi connectivity index (χ3v) is 4.34. The number of amidine groups is 1. The Bertz CT molecular complexity index is 664. The normalized spacial score (nSPS) is 11.6. The molecule has 0 radical (unpaired) electrons. The fourth-order valence-corrected chi connectivity index (χ4v) is 2.76. The molecule has 2 amide bonds. The molecular weight excluding hydrogens is 360 g/mol. The Morgan fingerprint density at radius 2 is 1.86 bits per heavy atom. The molecule has 156 valence electrons. The summed E-state index contributed by atoms with van der Waals surface area (Å²) in [7, 11) is 0. The van der Waals surface area contributed by atoms with Crippen molar-refractivity contribution in [1.82, 2.24) is 10.6 Å². The van der Waals surface area contributed by atoms with E-state index in [9.17, 15) is 19.8 Å². The van der Waals surface area contributed by atoms with Crippen LogP contribution in [-0.4, -0.2) is 40.4 Å². The number of carbonyl (C=O) groups excluding carboxylic acids is 2. The number of nitrogens with one attached hydrogen (secondary N) is 3. The van der Waals surface area contributed by atoms with Crippen LogP contribution in [0.3, 0.4) is 0 Å². The third-order valence-electron chi connectivity index (χ3n) is 4.34. The van der Waals surface area contributed by atoms with Crippen molar-refractivity contribution >= 4 is 17.6 Å². The highest BCUT2D eigenvalue weighted by molar-refractivity contribution is 5.92. The smallest absolute Gasteiger partial charge is 0.243 e. The standard InChI is InChI=1S/C20H32N4O4/c1-2-3-4-5-6-7-19(27)24-15(13-18(21)22)20(28)23-11-10-14-8-9-16(25)17(26)12-14/h8-9,12,15,25-26H,2-7,10-11,13H2,1H3,(H3,21,22)(H,23,28)(H,24,27)/t15-/m1/s1. The van der Waals surface area contributed by atoms with Crippen molar-refractivity contribution in [3.63, 3.8) is 0 Å². The van der Waals surface area contributed by atoms with Gasteiger partial charge in [-0.05, 0) is 30.5 Å². The molecule has 0 aliphatic heterocycles. The molecule has 8 nitrogen and oxygen atoms in total. The molecule has 0 saturated carbocycles. The minimum absolute atomic E-state index is 0.0482. The predicted octanol–water partition coefficient (Wildman–Crippen LogP) is 1.93. The van der Waals surface area contributed by atoms with Gasteiger partial charge in [0, 0.05) is 19.4 Å². The Kier molecular flexibility index (Phi) is 10.5. The Balaban J connectivity index is 2.46. The number of nitrogens with two attached hydrogens (primary N) is 1. The summed E-state index contributed by atoms with van der Waals surface area (Å²) in [4.78, 5) is 24.5. The van der Waals surface area contributed by atoms with Crippen LogP contribution in [0.5, 0.6) is 11.5 Å². The first-order valence-electron chi connectivity index (χ1n) is 9.74. The largest absolute Gasteiger partial charge is 0.504 e. The number of aromatic hydroxyl groups is 2. The molecule has 28 heavy (non-hydrogen) atoms. The van der Waals surface area contributed by atoms with E-state index in [0.717, 1.165) is 37.7 Å². The van der Waals surface area contributed by atoms with E-state index < -0.39 is 11.9 Å². The molecule has 1 aromatic rings. The first-order valence-corrected chi connectivity index (χ1v) is 9.74. The first-order chi connectivity index (χ1) is 13.3. The average Bonchev–Trinajstić information content (AvgIpc) is 2.63. The number of hydrogen-bond donors (Lipinski definition) is 6. The number of phenolic OH excluding ortho intramolecular Hbond substituents is 2. The monoisotopic (exact) mass is 392 g/mol. The van der Waals surface area contributed by atoms with Crippen LogP contribution in [0, 0.1) is 5.41 Å². The summed E-state index contributed by atoms with van der Waals surface area (Å²) in [5.41, 5.74) is 6.16. The second-order valence-corrected chi connectivity index (χ2v) is 6.88. The van der Waals surface area contributed by atoms with Gasteiger partial charge in [-0.3, -0.25) is 15.0 Å². The molecule has 0 saturated heterocycles. The van der Waals surface area contributed by atoms with Gasteiger partial charge in [0.15, 0.2) is 11.5 Å². The molecule has 7 N–H and O–H groups in total. The van der Waals surface area contributed by atoms with Crippen LogP contribution in [0.2, 0.25) is 0 Å². The highest BCUT2D eigenvalue weighted by Crippen LogP contribution is 2.24. The molecule has 0 unspecified atom stereocenters. The molecule has 0 bridgehead atoms. The fourth-order valence-electron chi connectivity index (χ4n) is 2.76.